The van der Waals surface area contributed by atoms with Gasteiger partial charge in [-0.15, -0.1) is 0 Å². The lowest BCUT2D eigenvalue weighted by molar-refractivity contribution is 0.475. The summed E-state index contributed by atoms with van der Waals surface area (Å²) in [5.41, 5.74) is 1.47. The van der Waals surface area contributed by atoms with Gasteiger partial charge in [-0.25, -0.2) is 4.79 Å². The molecule has 1 heterocycles. The summed E-state index contributed by atoms with van der Waals surface area (Å²) in [6, 6.07) is 15.4. The molecule has 4 nitrogen and oxygen atoms in total. The molecule has 0 fully saturated rings. The molecule has 0 bridgehead atoms. The van der Waals surface area contributed by atoms with Crippen molar-refractivity contribution in [3.05, 3.63) is 65.0 Å². The molecule has 3 rings (SSSR count). The molecule has 94 valence electrons. The van der Waals surface area contributed by atoms with Gasteiger partial charge in [0.15, 0.2) is 0 Å². The first-order valence-corrected chi connectivity index (χ1v) is 5.81. The van der Waals surface area contributed by atoms with Gasteiger partial charge in [0.1, 0.15) is 11.3 Å². The van der Waals surface area contributed by atoms with Gasteiger partial charge in [-0.1, -0.05) is 18.2 Å². The van der Waals surface area contributed by atoms with E-state index < -0.39 is 5.63 Å². The zero-order valence-corrected chi connectivity index (χ0v) is 9.96. The first-order chi connectivity index (χ1) is 9.22. The Morgan fingerprint density at radius 2 is 1.84 bits per heavy atom. The SMILES string of the molecule is O=c1cc(Nc2cccc(O)c2)c2ccccc2o1. The lowest BCUT2D eigenvalue weighted by Crippen LogP contribution is -2.00. The molecule has 1 aromatic heterocycles. The molecule has 0 aliphatic carbocycles. The van der Waals surface area contributed by atoms with Gasteiger partial charge < -0.3 is 14.8 Å². The van der Waals surface area contributed by atoms with E-state index in [0.717, 1.165) is 5.39 Å². The van der Waals surface area contributed by atoms with Crippen LogP contribution in [-0.2, 0) is 0 Å². The number of aromatic hydroxyl groups is 1. The van der Waals surface area contributed by atoms with E-state index in [1.807, 2.05) is 24.3 Å². The maximum Gasteiger partial charge on any atom is 0.338 e. The van der Waals surface area contributed by atoms with Crippen LogP contribution in [0, 0.1) is 0 Å². The number of anilines is 2. The normalized spacial score (nSPS) is 10.5. The second kappa shape index (κ2) is 4.49. The maximum absolute atomic E-state index is 11.5. The number of phenolic OH excluding ortho intramolecular Hbond substituents is 1. The van der Waals surface area contributed by atoms with Gasteiger partial charge in [0.25, 0.3) is 0 Å². The minimum Gasteiger partial charge on any atom is -0.508 e. The van der Waals surface area contributed by atoms with Crippen molar-refractivity contribution in [2.45, 2.75) is 0 Å². The van der Waals surface area contributed by atoms with Crippen LogP contribution < -0.4 is 10.9 Å². The zero-order valence-electron chi connectivity index (χ0n) is 9.96. The van der Waals surface area contributed by atoms with E-state index in [2.05, 4.69) is 5.32 Å². The molecule has 0 aliphatic heterocycles. The molecule has 0 saturated heterocycles. The van der Waals surface area contributed by atoms with Gasteiger partial charge in [-0.2, -0.15) is 0 Å². The lowest BCUT2D eigenvalue weighted by Gasteiger charge is -2.08. The minimum absolute atomic E-state index is 0.164. The van der Waals surface area contributed by atoms with E-state index in [-0.39, 0.29) is 5.75 Å². The highest BCUT2D eigenvalue weighted by Crippen LogP contribution is 2.26. The number of phenols is 1. The summed E-state index contributed by atoms with van der Waals surface area (Å²) in [6.45, 7) is 0. The topological polar surface area (TPSA) is 62.5 Å². The van der Waals surface area contributed by atoms with Gasteiger partial charge in [-0.05, 0) is 24.3 Å². The Morgan fingerprint density at radius 1 is 1.00 bits per heavy atom. The summed E-state index contributed by atoms with van der Waals surface area (Å²) < 4.78 is 5.12. The van der Waals surface area contributed by atoms with Crippen LogP contribution in [-0.4, -0.2) is 5.11 Å². The van der Waals surface area contributed by atoms with Crippen molar-refractivity contribution in [3.63, 3.8) is 0 Å². The number of hydrogen-bond donors (Lipinski definition) is 2. The average Bonchev–Trinajstić information content (AvgIpc) is 2.38. The summed E-state index contributed by atoms with van der Waals surface area (Å²) >= 11 is 0. The van der Waals surface area contributed by atoms with Crippen molar-refractivity contribution in [3.8, 4) is 5.75 Å². The molecule has 0 saturated carbocycles. The first-order valence-electron chi connectivity index (χ1n) is 5.81. The molecule has 19 heavy (non-hydrogen) atoms. The molecular weight excluding hydrogens is 242 g/mol. The van der Waals surface area contributed by atoms with Crippen LogP contribution in [0.15, 0.2) is 63.8 Å². The van der Waals surface area contributed by atoms with Gasteiger partial charge in [0.05, 0.1) is 5.69 Å². The van der Waals surface area contributed by atoms with Crippen LogP contribution in [0.5, 0.6) is 5.75 Å². The van der Waals surface area contributed by atoms with E-state index in [0.29, 0.717) is 17.0 Å². The Balaban J connectivity index is 2.12. The van der Waals surface area contributed by atoms with Crippen LogP contribution >= 0.6 is 0 Å². The maximum atomic E-state index is 11.5. The summed E-state index contributed by atoms with van der Waals surface area (Å²) in [4.78, 5) is 11.5. The van der Waals surface area contributed by atoms with E-state index in [1.54, 1.807) is 24.3 Å². The molecule has 0 amide bonds. The Hall–Kier alpha value is -2.75. The third-order valence-corrected chi connectivity index (χ3v) is 2.78. The smallest absolute Gasteiger partial charge is 0.338 e. The average molecular weight is 253 g/mol. The van der Waals surface area contributed by atoms with Crippen molar-refractivity contribution >= 4 is 22.3 Å². The van der Waals surface area contributed by atoms with E-state index >= 15 is 0 Å². The van der Waals surface area contributed by atoms with E-state index in [1.165, 1.54) is 6.07 Å². The molecule has 0 spiro atoms. The highest BCUT2D eigenvalue weighted by Gasteiger charge is 2.05. The molecule has 2 aromatic carbocycles. The minimum atomic E-state index is -0.415. The molecule has 2 N–H and O–H groups in total. The number of fused-ring (bicyclic) bond motifs is 1. The van der Waals surface area contributed by atoms with Gasteiger partial charge in [0.2, 0.25) is 0 Å². The molecule has 3 aromatic rings. The molecule has 0 unspecified atom stereocenters. The van der Waals surface area contributed by atoms with Crippen molar-refractivity contribution in [1.82, 2.24) is 0 Å². The number of nitrogens with one attached hydrogen (secondary N) is 1. The van der Waals surface area contributed by atoms with Crippen LogP contribution in [0.3, 0.4) is 0 Å². The Labute approximate surface area is 108 Å². The predicted molar refractivity (Wildman–Crippen MR) is 73.9 cm³/mol. The first kappa shape index (κ1) is 11.3. The zero-order chi connectivity index (χ0) is 13.2. The summed E-state index contributed by atoms with van der Waals surface area (Å²) in [6.07, 6.45) is 0. The van der Waals surface area contributed by atoms with Crippen molar-refractivity contribution in [2.24, 2.45) is 0 Å². The third-order valence-electron chi connectivity index (χ3n) is 2.78. The van der Waals surface area contributed by atoms with Crippen molar-refractivity contribution < 1.29 is 9.52 Å². The largest absolute Gasteiger partial charge is 0.508 e. The fourth-order valence-electron chi connectivity index (χ4n) is 1.95. The van der Waals surface area contributed by atoms with Crippen molar-refractivity contribution in [2.75, 3.05) is 5.32 Å². The number of para-hydroxylation sites is 1. The Kier molecular flexibility index (Phi) is 2.68. The molecule has 4 heteroatoms. The fourth-order valence-corrected chi connectivity index (χ4v) is 1.95. The Bertz CT molecular complexity index is 792. The van der Waals surface area contributed by atoms with Gasteiger partial charge in [-0.3, -0.25) is 0 Å². The summed E-state index contributed by atoms with van der Waals surface area (Å²) in [5.74, 6) is 0.164. The highest BCUT2D eigenvalue weighted by molar-refractivity contribution is 5.91. The predicted octanol–water partition coefficient (Wildman–Crippen LogP) is 3.24. The van der Waals surface area contributed by atoms with E-state index in [4.69, 9.17) is 4.42 Å². The van der Waals surface area contributed by atoms with Gasteiger partial charge in [0, 0.05) is 23.2 Å². The van der Waals surface area contributed by atoms with E-state index in [9.17, 15) is 9.90 Å². The highest BCUT2D eigenvalue weighted by atomic mass is 16.4. The standard InChI is InChI=1S/C15H11NO3/c17-11-5-3-4-10(8-11)16-13-9-15(18)19-14-7-2-1-6-12(13)14/h1-9,16-17H. The van der Waals surface area contributed by atoms with Crippen LogP contribution in [0.25, 0.3) is 11.0 Å². The van der Waals surface area contributed by atoms with Gasteiger partial charge >= 0.3 is 5.63 Å². The summed E-state index contributed by atoms with van der Waals surface area (Å²) in [5, 5.41) is 13.4. The van der Waals surface area contributed by atoms with Crippen LogP contribution in [0.2, 0.25) is 0 Å². The Morgan fingerprint density at radius 3 is 2.68 bits per heavy atom. The monoisotopic (exact) mass is 253 g/mol. The molecule has 0 radical (unpaired) electrons. The van der Waals surface area contributed by atoms with Crippen LogP contribution in [0.1, 0.15) is 0 Å². The number of benzene rings is 2. The molecular formula is C15H11NO3. The number of hydrogen-bond acceptors (Lipinski definition) is 4. The number of rotatable bonds is 2. The second-order valence-corrected chi connectivity index (χ2v) is 4.15. The lowest BCUT2D eigenvalue weighted by atomic mass is 10.2. The van der Waals surface area contributed by atoms with Crippen LogP contribution in [0.4, 0.5) is 11.4 Å². The second-order valence-electron chi connectivity index (χ2n) is 4.15. The quantitative estimate of drug-likeness (QED) is 0.688. The molecule has 0 aliphatic rings. The third kappa shape index (κ3) is 2.28. The van der Waals surface area contributed by atoms with Crippen molar-refractivity contribution in [1.29, 1.82) is 0 Å². The fraction of sp³-hybridized carbons (Fsp3) is 0. The molecule has 0 atom stereocenters. The summed E-state index contributed by atoms with van der Waals surface area (Å²) in [7, 11) is 0.